The summed E-state index contributed by atoms with van der Waals surface area (Å²) in [6, 6.07) is 8.14. The highest BCUT2D eigenvalue weighted by atomic mass is 28.4. The Morgan fingerprint density at radius 3 is 2.24 bits per heavy atom. The van der Waals surface area contributed by atoms with Gasteiger partial charge in [-0.1, -0.05) is 13.0 Å². The van der Waals surface area contributed by atoms with Gasteiger partial charge in [0.05, 0.1) is 6.61 Å². The molecule has 0 spiro atoms. The Labute approximate surface area is 154 Å². The Hall–Kier alpha value is -0.706. The zero-order valence-corrected chi connectivity index (χ0v) is 18.2. The van der Waals surface area contributed by atoms with E-state index in [2.05, 4.69) is 31.7 Å². The Morgan fingerprint density at radius 2 is 1.68 bits per heavy atom. The molecule has 5 nitrogen and oxygen atoms in total. The second-order valence-electron chi connectivity index (χ2n) is 6.30. The number of benzene rings is 1. The molecular formula is C18H32O5Si2. The molecule has 0 saturated heterocycles. The van der Waals surface area contributed by atoms with Gasteiger partial charge in [-0.05, 0) is 57.5 Å². The van der Waals surface area contributed by atoms with Crippen molar-refractivity contribution in [3.05, 3.63) is 29.3 Å². The van der Waals surface area contributed by atoms with Crippen LogP contribution >= 0.6 is 0 Å². The molecule has 142 valence electrons. The third kappa shape index (κ3) is 5.38. The molecule has 0 aliphatic carbocycles. The molecule has 1 aliphatic rings. The third-order valence-corrected chi connectivity index (χ3v) is 10.2. The van der Waals surface area contributed by atoms with E-state index in [1.165, 1.54) is 5.56 Å². The summed E-state index contributed by atoms with van der Waals surface area (Å²) in [7, 11) is -4.61. The minimum Gasteiger partial charge on any atom is -0.520 e. The van der Waals surface area contributed by atoms with Crippen molar-refractivity contribution in [3.63, 3.8) is 0 Å². The number of rotatable bonds is 10. The monoisotopic (exact) mass is 384 g/mol. The lowest BCUT2D eigenvalue weighted by molar-refractivity contribution is 0.0714. The number of fused-ring (bicyclic) bond motifs is 1. The predicted molar refractivity (Wildman–Crippen MR) is 103 cm³/mol. The fourth-order valence-electron chi connectivity index (χ4n) is 2.97. The van der Waals surface area contributed by atoms with Crippen molar-refractivity contribution in [1.82, 2.24) is 0 Å². The largest absolute Gasteiger partial charge is 0.520 e. The van der Waals surface area contributed by atoms with E-state index in [9.17, 15) is 0 Å². The summed E-state index contributed by atoms with van der Waals surface area (Å²) in [5.41, 5.74) is 2.37. The molecule has 2 rings (SSSR count). The summed E-state index contributed by atoms with van der Waals surface area (Å²) in [5, 5.41) is 0. The van der Waals surface area contributed by atoms with E-state index in [0.29, 0.717) is 26.4 Å². The minimum atomic E-state index is -2.60. The van der Waals surface area contributed by atoms with Gasteiger partial charge in [-0.2, -0.15) is 0 Å². The highest BCUT2D eigenvalue weighted by Gasteiger charge is 2.40. The molecule has 0 aromatic heterocycles. The van der Waals surface area contributed by atoms with E-state index < -0.39 is 17.4 Å². The van der Waals surface area contributed by atoms with Crippen LogP contribution in [0, 0.1) is 0 Å². The molecule has 0 bridgehead atoms. The van der Waals surface area contributed by atoms with Crippen molar-refractivity contribution in [3.8, 4) is 5.75 Å². The Kier molecular flexibility index (Phi) is 7.66. The number of hydrogen-bond donors (Lipinski definition) is 0. The van der Waals surface area contributed by atoms with Crippen molar-refractivity contribution in [1.29, 1.82) is 0 Å². The van der Waals surface area contributed by atoms with Crippen molar-refractivity contribution < 1.29 is 22.1 Å². The summed E-state index contributed by atoms with van der Waals surface area (Å²) in [4.78, 5) is 0. The van der Waals surface area contributed by atoms with Gasteiger partial charge in [-0.25, -0.2) is 0 Å². The molecule has 1 aromatic carbocycles. The van der Waals surface area contributed by atoms with Gasteiger partial charge in [-0.3, -0.25) is 0 Å². The van der Waals surface area contributed by atoms with Gasteiger partial charge in [0.2, 0.25) is 0 Å². The molecule has 1 unspecified atom stereocenters. The van der Waals surface area contributed by atoms with Gasteiger partial charge in [-0.15, -0.1) is 0 Å². The average molecular weight is 385 g/mol. The highest BCUT2D eigenvalue weighted by Crippen LogP contribution is 2.32. The van der Waals surface area contributed by atoms with Crippen LogP contribution in [0.1, 0.15) is 38.8 Å². The smallest absolute Gasteiger partial charge is 0.501 e. The highest BCUT2D eigenvalue weighted by molar-refractivity contribution is 6.66. The van der Waals surface area contributed by atoms with Gasteiger partial charge < -0.3 is 22.1 Å². The fourth-order valence-corrected chi connectivity index (χ4v) is 7.10. The van der Waals surface area contributed by atoms with E-state index in [-0.39, 0.29) is 0 Å². The van der Waals surface area contributed by atoms with Gasteiger partial charge in [0, 0.05) is 31.4 Å². The standard InChI is InChI=1S/C18H32O5Si2/c1-6-19-25(20-7-2,21-8-3)13-12-16-10-11-18-17(14-16)15-22-24(5,9-4)23-18/h10-11,14H,6-9,12-13,15H2,1-5H3. The van der Waals surface area contributed by atoms with Crippen LogP contribution in [0.2, 0.25) is 18.6 Å². The molecule has 1 heterocycles. The maximum Gasteiger partial charge on any atom is 0.501 e. The van der Waals surface area contributed by atoms with Crippen LogP contribution < -0.4 is 4.43 Å². The lowest BCUT2D eigenvalue weighted by Crippen LogP contribution is -2.46. The Bertz CT molecular complexity index is 537. The molecule has 1 aliphatic heterocycles. The maximum atomic E-state index is 6.14. The summed E-state index contributed by atoms with van der Waals surface area (Å²) >= 11 is 0. The fraction of sp³-hybridized carbons (Fsp3) is 0.667. The molecule has 0 N–H and O–H groups in total. The first kappa shape index (κ1) is 20.6. The zero-order valence-electron chi connectivity index (χ0n) is 16.2. The van der Waals surface area contributed by atoms with Crippen molar-refractivity contribution >= 4 is 17.4 Å². The topological polar surface area (TPSA) is 46.2 Å². The normalized spacial score (nSPS) is 20.2. The zero-order chi connectivity index (χ0) is 18.3. The van der Waals surface area contributed by atoms with Gasteiger partial charge >= 0.3 is 17.4 Å². The molecular weight excluding hydrogens is 352 g/mol. The van der Waals surface area contributed by atoms with Crippen molar-refractivity contribution in [2.24, 2.45) is 0 Å². The summed E-state index contributed by atoms with van der Waals surface area (Å²) < 4.78 is 30.0. The first-order valence-electron chi connectivity index (χ1n) is 9.36. The molecule has 0 fully saturated rings. The Balaban J connectivity index is 2.07. The van der Waals surface area contributed by atoms with Crippen LogP contribution in [0.15, 0.2) is 18.2 Å². The number of aryl methyl sites for hydroxylation is 1. The summed E-state index contributed by atoms with van der Waals surface area (Å²) in [5.74, 6) is 0.981. The van der Waals surface area contributed by atoms with Gasteiger partial charge in [0.25, 0.3) is 0 Å². The molecule has 7 heteroatoms. The lowest BCUT2D eigenvalue weighted by atomic mass is 10.1. The molecule has 1 aromatic rings. The molecule has 0 saturated carbocycles. The van der Waals surface area contributed by atoms with Crippen LogP contribution in [0.25, 0.3) is 0 Å². The molecule has 0 radical (unpaired) electrons. The van der Waals surface area contributed by atoms with Crippen molar-refractivity contribution in [2.45, 2.75) is 59.4 Å². The van der Waals surface area contributed by atoms with E-state index in [1.54, 1.807) is 0 Å². The average Bonchev–Trinajstić information content (AvgIpc) is 2.61. The van der Waals surface area contributed by atoms with E-state index >= 15 is 0 Å². The lowest BCUT2D eigenvalue weighted by Gasteiger charge is -2.33. The van der Waals surface area contributed by atoms with Crippen LogP contribution in [0.3, 0.4) is 0 Å². The molecule has 1 atom stereocenters. The van der Waals surface area contributed by atoms with Crippen LogP contribution in [0.4, 0.5) is 0 Å². The van der Waals surface area contributed by atoms with E-state index in [0.717, 1.165) is 29.8 Å². The quantitative estimate of drug-likeness (QED) is 0.564. The van der Waals surface area contributed by atoms with Gasteiger partial charge in [0.1, 0.15) is 5.75 Å². The first-order valence-corrected chi connectivity index (χ1v) is 13.8. The predicted octanol–water partition coefficient (Wildman–Crippen LogP) is 4.28. The second-order valence-corrected chi connectivity index (χ2v) is 12.5. The van der Waals surface area contributed by atoms with Crippen LogP contribution in [0.5, 0.6) is 5.75 Å². The Morgan fingerprint density at radius 1 is 1.04 bits per heavy atom. The first-order chi connectivity index (χ1) is 12.0. The van der Waals surface area contributed by atoms with E-state index in [4.69, 9.17) is 22.1 Å². The van der Waals surface area contributed by atoms with E-state index in [1.807, 2.05) is 20.8 Å². The minimum absolute atomic E-state index is 0.609. The third-order valence-electron chi connectivity index (χ3n) is 4.44. The maximum absolute atomic E-state index is 6.14. The van der Waals surface area contributed by atoms with Crippen LogP contribution in [-0.2, 0) is 30.7 Å². The summed E-state index contributed by atoms with van der Waals surface area (Å²) in [6.07, 6.45) is 0.863. The second kappa shape index (κ2) is 9.29. The van der Waals surface area contributed by atoms with Crippen LogP contribution in [-0.4, -0.2) is 37.2 Å². The number of hydrogen-bond acceptors (Lipinski definition) is 5. The van der Waals surface area contributed by atoms with Gasteiger partial charge in [0.15, 0.2) is 0 Å². The van der Waals surface area contributed by atoms with Crippen molar-refractivity contribution in [2.75, 3.05) is 19.8 Å². The summed E-state index contributed by atoms with van der Waals surface area (Å²) in [6.45, 7) is 12.7. The molecule has 25 heavy (non-hydrogen) atoms. The molecule has 0 amide bonds. The SMILES string of the molecule is CCO[Si](CCc1ccc2c(c1)CO[Si](C)(CC)O2)(OCC)OCC.